The molecule has 4 nitrogen and oxygen atoms in total. The Balaban J connectivity index is 0.00000200. The predicted octanol–water partition coefficient (Wildman–Crippen LogP) is 1.49. The molecule has 0 aromatic heterocycles. The van der Waals surface area contributed by atoms with Gasteiger partial charge in [-0.05, 0) is 24.9 Å². The molecule has 0 amide bonds. The average Bonchev–Trinajstić information content (AvgIpc) is 2.46. The van der Waals surface area contributed by atoms with E-state index in [-0.39, 0.29) is 18.2 Å². The Labute approximate surface area is 127 Å². The molecule has 112 valence electrons. The van der Waals surface area contributed by atoms with Crippen LogP contribution in [0.1, 0.15) is 12.0 Å². The molecule has 0 bridgehead atoms. The van der Waals surface area contributed by atoms with E-state index < -0.39 is 10.0 Å². The molecule has 0 fully saturated rings. The summed E-state index contributed by atoms with van der Waals surface area (Å²) in [6, 6.07) is 9.68. The van der Waals surface area contributed by atoms with Crippen molar-refractivity contribution in [3.05, 3.63) is 47.5 Å². The number of rotatable bonds is 6. The van der Waals surface area contributed by atoms with Crippen LogP contribution < -0.4 is 10.0 Å². The van der Waals surface area contributed by atoms with Crippen LogP contribution in [-0.4, -0.2) is 33.8 Å². The molecule has 2 N–H and O–H groups in total. The van der Waals surface area contributed by atoms with E-state index in [1.807, 2.05) is 30.3 Å². The molecule has 1 heterocycles. The lowest BCUT2D eigenvalue weighted by Gasteiger charge is -2.14. The van der Waals surface area contributed by atoms with Crippen LogP contribution in [0.4, 0.5) is 0 Å². The molecule has 20 heavy (non-hydrogen) atoms. The van der Waals surface area contributed by atoms with Gasteiger partial charge in [0.15, 0.2) is 0 Å². The first-order valence-corrected chi connectivity index (χ1v) is 8.21. The summed E-state index contributed by atoms with van der Waals surface area (Å²) in [6.45, 7) is 2.21. The van der Waals surface area contributed by atoms with Crippen LogP contribution in [0.25, 0.3) is 0 Å². The number of nitrogens with one attached hydrogen (secondary N) is 2. The molecule has 0 aliphatic carbocycles. The van der Waals surface area contributed by atoms with Gasteiger partial charge >= 0.3 is 0 Å². The highest BCUT2D eigenvalue weighted by atomic mass is 35.5. The number of aryl methyl sites for hydroxylation is 1. The van der Waals surface area contributed by atoms with E-state index in [0.29, 0.717) is 13.0 Å². The Bertz CT molecular complexity index is 529. The second kappa shape index (κ2) is 8.42. The van der Waals surface area contributed by atoms with E-state index in [2.05, 4.69) is 16.1 Å². The fourth-order valence-corrected chi connectivity index (χ4v) is 3.06. The normalized spacial score (nSPS) is 15.3. The van der Waals surface area contributed by atoms with E-state index in [4.69, 9.17) is 0 Å². The number of hydrogen-bond acceptors (Lipinski definition) is 3. The maximum absolute atomic E-state index is 11.9. The van der Waals surface area contributed by atoms with E-state index >= 15 is 0 Å². The van der Waals surface area contributed by atoms with E-state index in [1.165, 1.54) is 5.57 Å². The summed E-state index contributed by atoms with van der Waals surface area (Å²) >= 11 is 0. The van der Waals surface area contributed by atoms with Gasteiger partial charge in [-0.15, -0.1) is 12.4 Å². The van der Waals surface area contributed by atoms with Crippen molar-refractivity contribution in [2.75, 3.05) is 25.4 Å². The maximum Gasteiger partial charge on any atom is 0.212 e. The van der Waals surface area contributed by atoms with Gasteiger partial charge in [0.25, 0.3) is 0 Å². The van der Waals surface area contributed by atoms with Crippen molar-refractivity contribution in [2.24, 2.45) is 0 Å². The number of hydrogen-bond donors (Lipinski definition) is 2. The largest absolute Gasteiger partial charge is 0.313 e. The topological polar surface area (TPSA) is 58.2 Å². The van der Waals surface area contributed by atoms with Crippen molar-refractivity contribution in [1.29, 1.82) is 0 Å². The predicted molar refractivity (Wildman–Crippen MR) is 84.8 cm³/mol. The highest BCUT2D eigenvalue weighted by Crippen LogP contribution is 2.05. The average molecular weight is 317 g/mol. The smallest absolute Gasteiger partial charge is 0.212 e. The summed E-state index contributed by atoms with van der Waals surface area (Å²) in [4.78, 5) is 0. The molecule has 0 saturated heterocycles. The number of sulfonamides is 1. The van der Waals surface area contributed by atoms with Crippen LogP contribution in [0.2, 0.25) is 0 Å². The highest BCUT2D eigenvalue weighted by Gasteiger charge is 2.11. The second-order valence-corrected chi connectivity index (χ2v) is 6.62. The summed E-state index contributed by atoms with van der Waals surface area (Å²) < 4.78 is 26.5. The first-order chi connectivity index (χ1) is 9.16. The molecule has 6 heteroatoms. The van der Waals surface area contributed by atoms with Crippen LogP contribution in [0, 0.1) is 0 Å². The zero-order chi connectivity index (χ0) is 13.6. The van der Waals surface area contributed by atoms with Crippen LogP contribution in [0.3, 0.4) is 0 Å². The van der Waals surface area contributed by atoms with Crippen LogP contribution in [0.15, 0.2) is 42.0 Å². The zero-order valence-corrected chi connectivity index (χ0v) is 13.0. The van der Waals surface area contributed by atoms with Crippen molar-refractivity contribution >= 4 is 22.4 Å². The lowest BCUT2D eigenvalue weighted by Crippen LogP contribution is -2.31. The SMILES string of the molecule is Cl.O=S(=O)(CCc1ccccc1)NCC1=CCNCC1. The van der Waals surface area contributed by atoms with Crippen LogP contribution in [0.5, 0.6) is 0 Å². The highest BCUT2D eigenvalue weighted by molar-refractivity contribution is 7.89. The van der Waals surface area contributed by atoms with E-state index in [1.54, 1.807) is 0 Å². The Morgan fingerprint density at radius 3 is 2.60 bits per heavy atom. The minimum Gasteiger partial charge on any atom is -0.313 e. The summed E-state index contributed by atoms with van der Waals surface area (Å²) in [6.07, 6.45) is 3.53. The fraction of sp³-hybridized carbons (Fsp3) is 0.429. The van der Waals surface area contributed by atoms with Crippen LogP contribution in [-0.2, 0) is 16.4 Å². The molecular formula is C14H21ClN2O2S. The monoisotopic (exact) mass is 316 g/mol. The molecule has 1 aromatic rings. The Morgan fingerprint density at radius 2 is 1.95 bits per heavy atom. The summed E-state index contributed by atoms with van der Waals surface area (Å²) in [5.41, 5.74) is 2.22. The molecule has 0 radical (unpaired) electrons. The van der Waals surface area contributed by atoms with Gasteiger partial charge in [0.2, 0.25) is 10.0 Å². The Morgan fingerprint density at radius 1 is 1.20 bits per heavy atom. The van der Waals surface area contributed by atoms with Gasteiger partial charge in [-0.25, -0.2) is 13.1 Å². The molecule has 1 aliphatic heterocycles. The van der Waals surface area contributed by atoms with Crippen molar-refractivity contribution in [3.8, 4) is 0 Å². The molecular weight excluding hydrogens is 296 g/mol. The number of halogens is 1. The summed E-state index contributed by atoms with van der Waals surface area (Å²) in [5, 5.41) is 3.20. The standard InChI is InChI=1S/C14H20N2O2S.ClH/c17-19(18,11-8-13-4-2-1-3-5-13)16-12-14-6-9-15-10-7-14;/h1-6,15-16H,7-12H2;1H. The van der Waals surface area contributed by atoms with Gasteiger partial charge in [-0.2, -0.15) is 0 Å². The minimum atomic E-state index is -3.19. The van der Waals surface area contributed by atoms with E-state index in [9.17, 15) is 8.42 Å². The first-order valence-electron chi connectivity index (χ1n) is 6.56. The Kier molecular flexibility index (Phi) is 7.23. The van der Waals surface area contributed by atoms with Gasteiger partial charge in [-0.1, -0.05) is 42.0 Å². The van der Waals surface area contributed by atoms with Gasteiger partial charge in [0.1, 0.15) is 0 Å². The van der Waals surface area contributed by atoms with Gasteiger partial charge < -0.3 is 5.32 Å². The summed E-state index contributed by atoms with van der Waals surface area (Å²) in [7, 11) is -3.19. The van der Waals surface area contributed by atoms with Crippen molar-refractivity contribution in [2.45, 2.75) is 12.8 Å². The molecule has 1 aliphatic rings. The fourth-order valence-electron chi connectivity index (χ4n) is 2.00. The second-order valence-electron chi connectivity index (χ2n) is 4.69. The van der Waals surface area contributed by atoms with Gasteiger partial charge in [0.05, 0.1) is 5.75 Å². The maximum atomic E-state index is 11.9. The van der Waals surface area contributed by atoms with Gasteiger partial charge in [0, 0.05) is 13.1 Å². The molecule has 2 rings (SSSR count). The lowest BCUT2D eigenvalue weighted by atomic mass is 10.1. The molecule has 0 saturated carbocycles. The molecule has 0 spiro atoms. The van der Waals surface area contributed by atoms with Crippen molar-refractivity contribution in [3.63, 3.8) is 0 Å². The third-order valence-corrected chi connectivity index (χ3v) is 4.51. The van der Waals surface area contributed by atoms with Crippen molar-refractivity contribution < 1.29 is 8.42 Å². The minimum absolute atomic E-state index is 0. The van der Waals surface area contributed by atoms with Gasteiger partial charge in [-0.3, -0.25) is 0 Å². The lowest BCUT2D eigenvalue weighted by molar-refractivity contribution is 0.581. The summed E-state index contributed by atoms with van der Waals surface area (Å²) in [5.74, 6) is 0.141. The third kappa shape index (κ3) is 6.05. The van der Waals surface area contributed by atoms with E-state index in [0.717, 1.165) is 25.1 Å². The first kappa shape index (κ1) is 17.2. The quantitative estimate of drug-likeness (QED) is 0.782. The third-order valence-electron chi connectivity index (χ3n) is 3.18. The molecule has 1 aromatic carbocycles. The van der Waals surface area contributed by atoms with Crippen molar-refractivity contribution in [1.82, 2.24) is 10.0 Å². The molecule has 0 atom stereocenters. The molecule has 0 unspecified atom stereocenters. The van der Waals surface area contributed by atoms with Crippen LogP contribution >= 0.6 is 12.4 Å². The number of benzene rings is 1. The Hall–Kier alpha value is -0.880. The zero-order valence-electron chi connectivity index (χ0n) is 11.3.